The van der Waals surface area contributed by atoms with Crippen LogP contribution in [0.15, 0.2) is 48.5 Å². The van der Waals surface area contributed by atoms with Gasteiger partial charge in [0.1, 0.15) is 0 Å². The fourth-order valence-electron chi connectivity index (χ4n) is 2.41. The highest BCUT2D eigenvalue weighted by Crippen LogP contribution is 2.23. The molecule has 2 N–H and O–H groups in total. The van der Waals surface area contributed by atoms with E-state index in [0.29, 0.717) is 0 Å². The summed E-state index contributed by atoms with van der Waals surface area (Å²) >= 11 is 0. The molecule has 0 aliphatic carbocycles. The molecule has 0 atom stereocenters. The lowest BCUT2D eigenvalue weighted by molar-refractivity contribution is 0.288. The molecule has 0 aliphatic heterocycles. The molecule has 2 heteroatoms. The van der Waals surface area contributed by atoms with E-state index in [9.17, 15) is 0 Å². The Morgan fingerprint density at radius 2 is 1.20 bits per heavy atom. The van der Waals surface area contributed by atoms with E-state index >= 15 is 0 Å². The summed E-state index contributed by atoms with van der Waals surface area (Å²) in [7, 11) is 0. The van der Waals surface area contributed by atoms with E-state index in [-0.39, 0.29) is 13.2 Å². The molecule has 0 saturated carbocycles. The summed E-state index contributed by atoms with van der Waals surface area (Å²) in [5.41, 5.74) is 4.94. The monoisotopic (exact) mass is 270 g/mol. The Bertz CT molecular complexity index is 494. The molecule has 0 unspecified atom stereocenters. The summed E-state index contributed by atoms with van der Waals surface area (Å²) in [5.74, 6) is 0. The third kappa shape index (κ3) is 4.19. The first-order chi connectivity index (χ1) is 9.83. The number of aliphatic hydroxyl groups is 2. The van der Waals surface area contributed by atoms with Crippen LogP contribution in [0.1, 0.15) is 24.0 Å². The molecule has 0 bridgehead atoms. The molecule has 106 valence electrons. The molecule has 2 aromatic carbocycles. The van der Waals surface area contributed by atoms with E-state index < -0.39 is 0 Å². The van der Waals surface area contributed by atoms with E-state index in [1.165, 1.54) is 22.3 Å². The molecule has 0 fully saturated rings. The van der Waals surface area contributed by atoms with Crippen LogP contribution in [0, 0.1) is 0 Å². The van der Waals surface area contributed by atoms with E-state index in [1.54, 1.807) is 0 Å². The topological polar surface area (TPSA) is 40.5 Å². The molecule has 0 radical (unpaired) electrons. The Kier molecular flexibility index (Phi) is 5.78. The molecule has 0 aromatic heterocycles. The molecule has 2 nitrogen and oxygen atoms in total. The van der Waals surface area contributed by atoms with Gasteiger partial charge < -0.3 is 10.2 Å². The molecular weight excluding hydrogens is 248 g/mol. The van der Waals surface area contributed by atoms with E-state index in [1.807, 2.05) is 18.2 Å². The van der Waals surface area contributed by atoms with Gasteiger partial charge in [0.15, 0.2) is 0 Å². The zero-order chi connectivity index (χ0) is 14.2. The van der Waals surface area contributed by atoms with Crippen molar-refractivity contribution in [1.82, 2.24) is 0 Å². The van der Waals surface area contributed by atoms with Gasteiger partial charge in [-0.25, -0.2) is 0 Å². The zero-order valence-corrected chi connectivity index (χ0v) is 11.8. The van der Waals surface area contributed by atoms with Crippen LogP contribution in [0.5, 0.6) is 0 Å². The highest BCUT2D eigenvalue weighted by Gasteiger charge is 2.04. The lowest BCUT2D eigenvalue weighted by Crippen LogP contribution is -1.95. The summed E-state index contributed by atoms with van der Waals surface area (Å²) in [4.78, 5) is 0. The minimum absolute atomic E-state index is 0.224. The van der Waals surface area contributed by atoms with Gasteiger partial charge in [0.2, 0.25) is 0 Å². The van der Waals surface area contributed by atoms with Crippen LogP contribution < -0.4 is 0 Å². The van der Waals surface area contributed by atoms with Crippen molar-refractivity contribution in [3.63, 3.8) is 0 Å². The van der Waals surface area contributed by atoms with Crippen LogP contribution in [0.4, 0.5) is 0 Å². The molecule has 2 aromatic rings. The molecule has 2 rings (SSSR count). The van der Waals surface area contributed by atoms with Crippen molar-refractivity contribution in [3.8, 4) is 11.1 Å². The minimum atomic E-state index is 0.224. The SMILES string of the molecule is OCCCc1cc(CCCO)cc(-c2ccccc2)c1. The third-order valence-electron chi connectivity index (χ3n) is 3.41. The van der Waals surface area contributed by atoms with Crippen molar-refractivity contribution in [2.45, 2.75) is 25.7 Å². The number of hydrogen-bond donors (Lipinski definition) is 2. The summed E-state index contributed by atoms with van der Waals surface area (Å²) in [6, 6.07) is 16.9. The maximum absolute atomic E-state index is 8.99. The predicted octanol–water partition coefficient (Wildman–Crippen LogP) is 3.20. The first-order valence-electron chi connectivity index (χ1n) is 7.23. The van der Waals surface area contributed by atoms with Gasteiger partial charge >= 0.3 is 0 Å². The quantitative estimate of drug-likeness (QED) is 0.811. The summed E-state index contributed by atoms with van der Waals surface area (Å²) in [6.07, 6.45) is 3.36. The van der Waals surface area contributed by atoms with Crippen LogP contribution in [-0.4, -0.2) is 23.4 Å². The largest absolute Gasteiger partial charge is 0.396 e. The molecule has 0 spiro atoms. The van der Waals surface area contributed by atoms with Crippen LogP contribution in [0.2, 0.25) is 0 Å². The number of rotatable bonds is 7. The van der Waals surface area contributed by atoms with Crippen molar-refractivity contribution in [2.24, 2.45) is 0 Å². The zero-order valence-electron chi connectivity index (χ0n) is 11.8. The Morgan fingerprint density at radius 1 is 0.650 bits per heavy atom. The van der Waals surface area contributed by atoms with E-state index in [0.717, 1.165) is 25.7 Å². The lowest BCUT2D eigenvalue weighted by Gasteiger charge is -2.10. The summed E-state index contributed by atoms with van der Waals surface area (Å²) in [5, 5.41) is 18.0. The summed E-state index contributed by atoms with van der Waals surface area (Å²) < 4.78 is 0. The van der Waals surface area contributed by atoms with Crippen LogP contribution in [0.25, 0.3) is 11.1 Å². The van der Waals surface area contributed by atoms with Crippen LogP contribution in [-0.2, 0) is 12.8 Å². The van der Waals surface area contributed by atoms with Crippen molar-refractivity contribution in [2.75, 3.05) is 13.2 Å². The number of aliphatic hydroxyl groups excluding tert-OH is 2. The molecular formula is C18H22O2. The number of aryl methyl sites for hydroxylation is 2. The van der Waals surface area contributed by atoms with Crippen molar-refractivity contribution < 1.29 is 10.2 Å². The molecule has 0 amide bonds. The number of benzene rings is 2. The fraction of sp³-hybridized carbons (Fsp3) is 0.333. The second-order valence-corrected chi connectivity index (χ2v) is 5.06. The fourth-order valence-corrected chi connectivity index (χ4v) is 2.41. The highest BCUT2D eigenvalue weighted by atomic mass is 16.3. The van der Waals surface area contributed by atoms with Gasteiger partial charge in [-0.2, -0.15) is 0 Å². The predicted molar refractivity (Wildman–Crippen MR) is 82.7 cm³/mol. The van der Waals surface area contributed by atoms with Crippen LogP contribution >= 0.6 is 0 Å². The van der Waals surface area contributed by atoms with Gasteiger partial charge in [-0.3, -0.25) is 0 Å². The maximum Gasteiger partial charge on any atom is 0.0434 e. The normalized spacial score (nSPS) is 10.7. The van der Waals surface area contributed by atoms with Gasteiger partial charge in [-0.05, 0) is 47.9 Å². The van der Waals surface area contributed by atoms with Gasteiger partial charge in [-0.1, -0.05) is 48.5 Å². The standard InChI is InChI=1S/C18H22O2/c19-10-4-6-15-12-16(7-5-11-20)14-18(13-15)17-8-2-1-3-9-17/h1-3,8-9,12-14,19-20H,4-7,10-11H2. The average molecular weight is 270 g/mol. The van der Waals surface area contributed by atoms with Gasteiger partial charge in [0, 0.05) is 13.2 Å². The second-order valence-electron chi connectivity index (χ2n) is 5.06. The lowest BCUT2D eigenvalue weighted by atomic mass is 9.96. The molecule has 20 heavy (non-hydrogen) atoms. The van der Waals surface area contributed by atoms with E-state index in [4.69, 9.17) is 10.2 Å². The van der Waals surface area contributed by atoms with Crippen molar-refractivity contribution in [1.29, 1.82) is 0 Å². The second kappa shape index (κ2) is 7.83. The molecule has 0 heterocycles. The smallest absolute Gasteiger partial charge is 0.0434 e. The highest BCUT2D eigenvalue weighted by molar-refractivity contribution is 5.65. The molecule has 0 saturated heterocycles. The average Bonchev–Trinajstić information content (AvgIpc) is 2.51. The van der Waals surface area contributed by atoms with Crippen molar-refractivity contribution >= 4 is 0 Å². The Hall–Kier alpha value is -1.64. The first kappa shape index (κ1) is 14.8. The number of hydrogen-bond acceptors (Lipinski definition) is 2. The first-order valence-corrected chi connectivity index (χ1v) is 7.23. The maximum atomic E-state index is 8.99. The van der Waals surface area contributed by atoms with Gasteiger partial charge in [-0.15, -0.1) is 0 Å². The van der Waals surface area contributed by atoms with Crippen LogP contribution in [0.3, 0.4) is 0 Å². The Morgan fingerprint density at radius 3 is 1.70 bits per heavy atom. The molecule has 0 aliphatic rings. The van der Waals surface area contributed by atoms with Crippen molar-refractivity contribution in [3.05, 3.63) is 59.7 Å². The van der Waals surface area contributed by atoms with E-state index in [2.05, 4.69) is 30.3 Å². The third-order valence-corrected chi connectivity index (χ3v) is 3.41. The summed E-state index contributed by atoms with van der Waals surface area (Å²) in [6.45, 7) is 0.447. The van der Waals surface area contributed by atoms with Gasteiger partial charge in [0.25, 0.3) is 0 Å². The minimum Gasteiger partial charge on any atom is -0.396 e. The Balaban J connectivity index is 2.29. The van der Waals surface area contributed by atoms with Gasteiger partial charge in [0.05, 0.1) is 0 Å². The Labute approximate surface area is 120 Å².